The van der Waals surface area contributed by atoms with Crippen LogP contribution in [0, 0.1) is 0 Å². The molecule has 1 aliphatic heterocycles. The van der Waals surface area contributed by atoms with Crippen LogP contribution in [-0.4, -0.2) is 41.0 Å². The number of aromatic nitrogens is 2. The normalized spacial score (nSPS) is 12.3. The van der Waals surface area contributed by atoms with Crippen molar-refractivity contribution < 1.29 is 28.6 Å². The van der Waals surface area contributed by atoms with Gasteiger partial charge in [0, 0.05) is 18.2 Å². The van der Waals surface area contributed by atoms with E-state index in [1.807, 2.05) is 19.9 Å². The molecule has 9 nitrogen and oxygen atoms in total. The number of methoxy groups -OCH3 is 1. The molecular formula is C29H32MdN2O7-2. The van der Waals surface area contributed by atoms with Crippen LogP contribution in [-0.2, 0) is 43.2 Å². The van der Waals surface area contributed by atoms with Crippen LogP contribution in [0.2, 0.25) is 0 Å². The van der Waals surface area contributed by atoms with E-state index in [1.165, 1.54) is 27.0 Å². The van der Waals surface area contributed by atoms with Gasteiger partial charge in [0.25, 0.3) is 5.56 Å². The summed E-state index contributed by atoms with van der Waals surface area (Å²) < 4.78 is 16.5. The van der Waals surface area contributed by atoms with Crippen LogP contribution < -0.4 is 10.3 Å². The van der Waals surface area contributed by atoms with E-state index < -0.39 is 6.10 Å². The molecule has 0 N–H and O–H groups in total. The smallest absolute Gasteiger partial charge is 0.254 e. The van der Waals surface area contributed by atoms with Gasteiger partial charge < -0.3 is 28.4 Å². The second-order valence-corrected chi connectivity index (χ2v) is 9.87. The van der Waals surface area contributed by atoms with Crippen molar-refractivity contribution in [3.63, 3.8) is 0 Å². The minimum atomic E-state index is -0.789. The molecule has 0 saturated carbocycles. The number of fused-ring (bicyclic) bond motifs is 4. The van der Waals surface area contributed by atoms with Crippen LogP contribution >= 0.6 is 0 Å². The second kappa shape index (κ2) is 12.1. The van der Waals surface area contributed by atoms with Crippen LogP contribution in [0.1, 0.15) is 69.9 Å². The van der Waals surface area contributed by atoms with E-state index in [1.54, 1.807) is 43.5 Å². The number of benzene rings is 1. The van der Waals surface area contributed by atoms with Crippen molar-refractivity contribution in [2.45, 2.75) is 72.6 Å². The van der Waals surface area contributed by atoms with Crippen LogP contribution in [0.4, 0.5) is 0 Å². The van der Waals surface area contributed by atoms with Crippen molar-refractivity contribution in [2.75, 3.05) is 7.11 Å². The molecule has 0 saturated heterocycles. The Morgan fingerprint density at radius 2 is 1.77 bits per heavy atom. The standard InChI is InChI=1S/C24H23N2O5.C5H9O2.Md/c1-5-15-17-9-14(31-12-27)7-8-20(17)25-22-19(15)11-26-21(22)10-18(16(6-2)24(26)29)23(30-4)13(3)28;1-5(2,3)7-4-6;/h7-10,23H,5-6,11H2,1-4H3;1-3H3;/q2*-1;. The fourth-order valence-electron chi connectivity index (χ4n) is 4.69. The van der Waals surface area contributed by atoms with Crippen molar-refractivity contribution in [1.82, 2.24) is 9.55 Å². The van der Waals surface area contributed by atoms with Gasteiger partial charge in [0.1, 0.15) is 6.10 Å². The Morgan fingerprint density at radius 1 is 1.10 bits per heavy atom. The molecule has 1 unspecified atom stereocenters. The van der Waals surface area contributed by atoms with Gasteiger partial charge in [0.05, 0.1) is 29.1 Å². The minimum absolute atomic E-state index is 0. The third-order valence-corrected chi connectivity index (χ3v) is 6.27. The molecule has 0 fully saturated rings. The molecule has 2 aromatic heterocycles. The van der Waals surface area contributed by atoms with E-state index in [0.29, 0.717) is 35.5 Å². The Labute approximate surface area is 221 Å². The molecule has 1 atom stereocenters. The molecule has 10 heteroatoms. The van der Waals surface area contributed by atoms with Crippen molar-refractivity contribution in [3.8, 4) is 17.1 Å². The molecule has 1 aromatic carbocycles. The summed E-state index contributed by atoms with van der Waals surface area (Å²) in [6.07, 6.45) is 0.430. The number of hydrogen-bond acceptors (Lipinski definition) is 8. The Balaban J connectivity index is 0.000000592. The van der Waals surface area contributed by atoms with Gasteiger partial charge in [-0.2, -0.15) is 0 Å². The average Bonchev–Trinajstić information content (AvgIpc) is 3.21. The van der Waals surface area contributed by atoms with Crippen LogP contribution in [0.3, 0.4) is 0 Å². The molecule has 3 aromatic rings. The summed E-state index contributed by atoms with van der Waals surface area (Å²) in [6.45, 7) is 14.0. The van der Waals surface area contributed by atoms with Gasteiger partial charge in [-0.1, -0.05) is 32.5 Å². The van der Waals surface area contributed by atoms with E-state index >= 15 is 0 Å². The summed E-state index contributed by atoms with van der Waals surface area (Å²) in [7, 11) is 1.47. The van der Waals surface area contributed by atoms with E-state index in [4.69, 9.17) is 14.5 Å². The van der Waals surface area contributed by atoms with Gasteiger partial charge in [-0.25, -0.2) is 4.98 Å². The van der Waals surface area contributed by atoms with Crippen molar-refractivity contribution in [3.05, 3.63) is 56.9 Å². The van der Waals surface area contributed by atoms with Crippen molar-refractivity contribution in [2.24, 2.45) is 0 Å². The number of Topliss-reactive ketones (excluding diaryl/α,β-unsaturated/α-hetero) is 1. The average molecular weight is 779 g/mol. The maximum absolute atomic E-state index is 13.4. The minimum Gasteiger partial charge on any atom is -0.649 e. The zero-order valence-corrected chi connectivity index (χ0v) is 25.3. The predicted molar refractivity (Wildman–Crippen MR) is 143 cm³/mol. The molecule has 3 heterocycles. The first kappa shape index (κ1) is 30.4. The number of rotatable bonds is 8. The molecule has 0 spiro atoms. The quantitative estimate of drug-likeness (QED) is 0.246. The number of aryl methyl sites for hydroxylation is 1. The maximum atomic E-state index is 13.4. The summed E-state index contributed by atoms with van der Waals surface area (Å²) in [5, 5.41) is 0.879. The summed E-state index contributed by atoms with van der Waals surface area (Å²) in [5.74, 6) is 0.242. The summed E-state index contributed by atoms with van der Waals surface area (Å²) in [5.41, 5.74) is 4.87. The molecule has 39 heavy (non-hydrogen) atoms. The third-order valence-electron chi connectivity index (χ3n) is 6.27. The number of ether oxygens (including phenoxy) is 3. The molecular weight excluding hydrogens is 746 g/mol. The summed E-state index contributed by atoms with van der Waals surface area (Å²) in [6, 6.07) is 7.10. The van der Waals surface area contributed by atoms with Crippen LogP contribution in [0.25, 0.3) is 22.3 Å². The number of hydrogen-bond donors (Lipinski definition) is 0. The Morgan fingerprint density at radius 3 is 2.26 bits per heavy atom. The van der Waals surface area contributed by atoms with E-state index in [0.717, 1.165) is 34.1 Å². The van der Waals surface area contributed by atoms with E-state index in [-0.39, 0.29) is 16.9 Å². The Kier molecular flexibility index (Phi) is 9.45. The van der Waals surface area contributed by atoms with Gasteiger partial charge in [-0.3, -0.25) is 9.59 Å². The van der Waals surface area contributed by atoms with Gasteiger partial charge in [-0.05, 0) is 68.9 Å². The van der Waals surface area contributed by atoms with Crippen LogP contribution in [0.15, 0.2) is 29.1 Å². The van der Waals surface area contributed by atoms with Crippen LogP contribution in [0.5, 0.6) is 5.75 Å². The first-order chi connectivity index (χ1) is 18.0. The zero-order valence-electron chi connectivity index (χ0n) is 23.0. The number of pyridine rings is 2. The summed E-state index contributed by atoms with van der Waals surface area (Å²) in [4.78, 5) is 50.5. The third kappa shape index (κ3) is 6.01. The van der Waals surface area contributed by atoms with Gasteiger partial charge in [0.15, 0.2) is 12.3 Å². The number of carbonyl (C=O) groups is 1. The number of ketones is 1. The molecule has 0 amide bonds. The van der Waals surface area contributed by atoms with Gasteiger partial charge in [-0.15, -0.1) is 6.07 Å². The number of nitrogens with zero attached hydrogens (tertiary/aromatic N) is 2. The first-order valence-electron chi connectivity index (χ1n) is 12.4. The largest absolute Gasteiger partial charge is 0.649 e. The molecule has 0 bridgehead atoms. The van der Waals surface area contributed by atoms with Crippen molar-refractivity contribution in [1.29, 1.82) is 0 Å². The van der Waals surface area contributed by atoms with E-state index in [2.05, 4.69) is 4.74 Å². The Bertz CT molecular complexity index is 1440. The molecule has 1 aliphatic rings. The van der Waals surface area contributed by atoms with Crippen molar-refractivity contribution >= 4 is 29.6 Å². The Hall–Kier alpha value is -4.85. The SMILES string of the molecule is CC(C)(C)O[C-]=O.CCc1c(C(OC)C(C)=O)cc2n(c1=O)Cc1c-2nc2ccc(O[C-]=O)cc2c1CC.[Md]. The zero-order chi connectivity index (χ0) is 28.2. The summed E-state index contributed by atoms with van der Waals surface area (Å²) >= 11 is 0. The van der Waals surface area contributed by atoms with E-state index in [9.17, 15) is 19.2 Å². The second-order valence-electron chi connectivity index (χ2n) is 9.87. The molecule has 0 aliphatic carbocycles. The fraction of sp³-hybridized carbons (Fsp3) is 0.414. The fourth-order valence-corrected chi connectivity index (χ4v) is 4.69. The van der Waals surface area contributed by atoms with Gasteiger partial charge >= 0.3 is 0 Å². The first-order valence-corrected chi connectivity index (χ1v) is 12.4. The predicted octanol–water partition coefficient (Wildman–Crippen LogP) is 4.14. The number of carbonyl (C=O) groups excluding carboxylic acids is 3. The molecule has 1 radical (unpaired) electrons. The molecule has 215 valence electrons. The van der Waals surface area contributed by atoms with Gasteiger partial charge in [0.2, 0.25) is 0 Å². The maximum Gasteiger partial charge on any atom is 0.254 e. The topological polar surface area (TPSA) is 114 Å². The molecule has 4 rings (SSSR count). The monoisotopic (exact) mass is 778 g/mol.